The lowest BCUT2D eigenvalue weighted by Crippen LogP contribution is -2.37. The molecule has 0 saturated carbocycles. The van der Waals surface area contributed by atoms with Crippen molar-refractivity contribution < 1.29 is 19.4 Å². The highest BCUT2D eigenvalue weighted by Gasteiger charge is 2.09. The molecule has 0 bridgehead atoms. The number of hydrogen-bond acceptors (Lipinski definition) is 4. The van der Waals surface area contributed by atoms with Crippen LogP contribution in [0.1, 0.15) is 6.92 Å². The molecule has 0 unspecified atom stereocenters. The van der Waals surface area contributed by atoms with Crippen LogP contribution in [0.4, 0.5) is 10.5 Å². The molecular weight excluding hydrogens is 198 g/mol. The first-order valence-electron chi connectivity index (χ1n) is 4.33. The van der Waals surface area contributed by atoms with Crippen molar-refractivity contribution in [3.05, 3.63) is 30.3 Å². The van der Waals surface area contributed by atoms with E-state index in [0.29, 0.717) is 5.69 Å². The minimum absolute atomic E-state index is 0.535. The molecule has 0 heterocycles. The number of aliphatic carboxylic acids is 1. The third kappa shape index (κ3) is 3.68. The number of rotatable bonds is 3. The molecule has 0 aliphatic rings. The van der Waals surface area contributed by atoms with E-state index in [1.807, 2.05) is 0 Å². The number of carboxylic acid groups (broad SMARTS) is 1. The second-order valence-electron chi connectivity index (χ2n) is 2.86. The first-order chi connectivity index (χ1) is 7.09. The van der Waals surface area contributed by atoms with Gasteiger partial charge in [-0.3, -0.25) is 5.32 Å². The lowest BCUT2D eigenvalue weighted by Gasteiger charge is -2.14. The number of carbonyl (C=O) groups is 2. The number of hydrogen-bond donors (Lipinski definition) is 1. The molecule has 1 atom stereocenters. The Morgan fingerprint density at radius 3 is 2.47 bits per heavy atom. The van der Waals surface area contributed by atoms with Gasteiger partial charge in [-0.05, 0) is 19.1 Å². The van der Waals surface area contributed by atoms with E-state index in [4.69, 9.17) is 0 Å². The van der Waals surface area contributed by atoms with Crippen LogP contribution >= 0.6 is 0 Å². The summed E-state index contributed by atoms with van der Waals surface area (Å²) in [4.78, 5) is 21.4. The number of nitrogens with one attached hydrogen (secondary N) is 1. The Morgan fingerprint density at radius 1 is 1.33 bits per heavy atom. The molecule has 0 radical (unpaired) electrons. The summed E-state index contributed by atoms with van der Waals surface area (Å²) in [5, 5.41) is 12.6. The summed E-state index contributed by atoms with van der Waals surface area (Å²) < 4.78 is 4.50. The maximum Gasteiger partial charge on any atom is 0.412 e. The fourth-order valence-electron chi connectivity index (χ4n) is 0.877. The van der Waals surface area contributed by atoms with Gasteiger partial charge in [0.15, 0.2) is 0 Å². The summed E-state index contributed by atoms with van der Waals surface area (Å²) in [6.07, 6.45) is -2.09. The van der Waals surface area contributed by atoms with Crippen molar-refractivity contribution in [1.29, 1.82) is 0 Å². The Kier molecular flexibility index (Phi) is 3.68. The first-order valence-corrected chi connectivity index (χ1v) is 4.33. The molecule has 5 heteroatoms. The second kappa shape index (κ2) is 4.99. The predicted molar refractivity (Wildman–Crippen MR) is 51.0 cm³/mol. The number of anilines is 1. The number of carbonyl (C=O) groups excluding carboxylic acids is 2. The summed E-state index contributed by atoms with van der Waals surface area (Å²) in [6, 6.07) is 8.58. The van der Waals surface area contributed by atoms with Crippen LogP contribution in [0, 0.1) is 0 Å². The second-order valence-corrected chi connectivity index (χ2v) is 2.86. The third-order valence-electron chi connectivity index (χ3n) is 1.64. The Balaban J connectivity index is 2.47. The topological polar surface area (TPSA) is 78.5 Å². The standard InChI is InChI=1S/C10H11NO4/c1-7(9(12)13)15-10(14)11-8-5-3-2-4-6-8/h2-7H,1H3,(H,11,14)(H,12,13)/p-1/t7-/m0/s1. The number of amides is 1. The SMILES string of the molecule is C[C@H](OC(=O)Nc1ccccc1)C(=O)[O-]. The fraction of sp³-hybridized carbons (Fsp3) is 0.200. The van der Waals surface area contributed by atoms with Crippen molar-refractivity contribution in [2.24, 2.45) is 0 Å². The van der Waals surface area contributed by atoms with Gasteiger partial charge in [0.25, 0.3) is 0 Å². The van der Waals surface area contributed by atoms with E-state index in [0.717, 1.165) is 0 Å². The van der Waals surface area contributed by atoms with Crippen LogP contribution in [0.2, 0.25) is 0 Å². The van der Waals surface area contributed by atoms with Crippen LogP contribution in [0.25, 0.3) is 0 Å². The molecule has 1 amide bonds. The van der Waals surface area contributed by atoms with E-state index in [9.17, 15) is 14.7 Å². The lowest BCUT2D eigenvalue weighted by molar-refractivity contribution is -0.313. The van der Waals surface area contributed by atoms with E-state index in [2.05, 4.69) is 10.1 Å². The van der Waals surface area contributed by atoms with E-state index in [1.54, 1.807) is 30.3 Å². The van der Waals surface area contributed by atoms with Crippen molar-refractivity contribution in [3.63, 3.8) is 0 Å². The van der Waals surface area contributed by atoms with Gasteiger partial charge in [0.05, 0.1) is 5.97 Å². The molecule has 1 rings (SSSR count). The summed E-state index contributed by atoms with van der Waals surface area (Å²) in [5.74, 6) is -1.43. The predicted octanol–water partition coefficient (Wildman–Crippen LogP) is 0.373. The van der Waals surface area contributed by atoms with Gasteiger partial charge in [-0.25, -0.2) is 4.79 Å². The molecule has 0 fully saturated rings. The van der Waals surface area contributed by atoms with Gasteiger partial charge in [0, 0.05) is 5.69 Å². The minimum Gasteiger partial charge on any atom is -0.546 e. The van der Waals surface area contributed by atoms with Crippen molar-refractivity contribution >= 4 is 17.7 Å². The molecule has 80 valence electrons. The van der Waals surface area contributed by atoms with E-state index in [1.165, 1.54) is 6.92 Å². The first kappa shape index (κ1) is 11.0. The molecule has 1 N–H and O–H groups in total. The third-order valence-corrected chi connectivity index (χ3v) is 1.64. The van der Waals surface area contributed by atoms with Crippen molar-refractivity contribution in [2.45, 2.75) is 13.0 Å². The van der Waals surface area contributed by atoms with Gasteiger partial charge in [-0.15, -0.1) is 0 Å². The van der Waals surface area contributed by atoms with Gasteiger partial charge < -0.3 is 14.6 Å². The summed E-state index contributed by atoms with van der Waals surface area (Å²) >= 11 is 0. The van der Waals surface area contributed by atoms with Crippen molar-refractivity contribution in [2.75, 3.05) is 5.32 Å². The number of ether oxygens (including phenoxy) is 1. The van der Waals surface area contributed by atoms with Gasteiger partial charge in [0.1, 0.15) is 6.10 Å². The Bertz CT molecular complexity index is 350. The summed E-state index contributed by atoms with van der Waals surface area (Å²) in [5.41, 5.74) is 0.535. The van der Waals surface area contributed by atoms with Crippen LogP contribution in [0.5, 0.6) is 0 Å². The largest absolute Gasteiger partial charge is 0.546 e. The van der Waals surface area contributed by atoms with Crippen molar-refractivity contribution in [1.82, 2.24) is 0 Å². The van der Waals surface area contributed by atoms with Crippen LogP contribution in [0.3, 0.4) is 0 Å². The highest BCUT2D eigenvalue weighted by molar-refractivity contribution is 5.86. The Morgan fingerprint density at radius 2 is 1.93 bits per heavy atom. The average Bonchev–Trinajstić information content (AvgIpc) is 2.18. The van der Waals surface area contributed by atoms with E-state index >= 15 is 0 Å². The monoisotopic (exact) mass is 208 g/mol. The zero-order chi connectivity index (χ0) is 11.3. The maximum atomic E-state index is 11.1. The van der Waals surface area contributed by atoms with Gasteiger partial charge in [0.2, 0.25) is 0 Å². The average molecular weight is 208 g/mol. The zero-order valence-corrected chi connectivity index (χ0v) is 8.10. The number of carboxylic acids is 1. The maximum absolute atomic E-state index is 11.1. The molecule has 0 spiro atoms. The smallest absolute Gasteiger partial charge is 0.412 e. The van der Waals surface area contributed by atoms with Gasteiger partial charge in [-0.1, -0.05) is 18.2 Å². The number of para-hydroxylation sites is 1. The molecule has 15 heavy (non-hydrogen) atoms. The Hall–Kier alpha value is -2.04. The minimum atomic E-state index is -1.43. The highest BCUT2D eigenvalue weighted by atomic mass is 16.6. The van der Waals surface area contributed by atoms with E-state index < -0.39 is 18.2 Å². The molecule has 5 nitrogen and oxygen atoms in total. The molecule has 1 aromatic carbocycles. The number of benzene rings is 1. The highest BCUT2D eigenvalue weighted by Crippen LogP contribution is 2.05. The summed E-state index contributed by atoms with van der Waals surface area (Å²) in [6.45, 7) is 1.22. The van der Waals surface area contributed by atoms with Crippen molar-refractivity contribution in [3.8, 4) is 0 Å². The van der Waals surface area contributed by atoms with Crippen LogP contribution in [-0.4, -0.2) is 18.2 Å². The molecule has 0 saturated heterocycles. The van der Waals surface area contributed by atoms with Crippen LogP contribution < -0.4 is 10.4 Å². The van der Waals surface area contributed by atoms with E-state index in [-0.39, 0.29) is 0 Å². The molecule has 1 aromatic rings. The molecule has 0 aromatic heterocycles. The fourth-order valence-corrected chi connectivity index (χ4v) is 0.877. The molecule has 0 aliphatic carbocycles. The molecule has 0 aliphatic heterocycles. The van der Waals surface area contributed by atoms with Crippen LogP contribution in [0.15, 0.2) is 30.3 Å². The quantitative estimate of drug-likeness (QED) is 0.778. The van der Waals surface area contributed by atoms with Gasteiger partial charge in [-0.2, -0.15) is 0 Å². The summed E-state index contributed by atoms with van der Waals surface area (Å²) in [7, 11) is 0. The Labute approximate surface area is 86.7 Å². The van der Waals surface area contributed by atoms with Crippen LogP contribution in [-0.2, 0) is 9.53 Å². The molecular formula is C10H10NO4-. The zero-order valence-electron chi connectivity index (χ0n) is 8.10. The van der Waals surface area contributed by atoms with Gasteiger partial charge >= 0.3 is 6.09 Å². The normalized spacial score (nSPS) is 11.5. The lowest BCUT2D eigenvalue weighted by atomic mass is 10.3.